The van der Waals surface area contributed by atoms with Crippen LogP contribution in [0.1, 0.15) is 22.5 Å². The lowest BCUT2D eigenvalue weighted by atomic mass is 10.1. The van der Waals surface area contributed by atoms with Gasteiger partial charge in [0.25, 0.3) is 0 Å². The fraction of sp³-hybridized carbons (Fsp3) is 0.150. The van der Waals surface area contributed by atoms with Gasteiger partial charge in [-0.2, -0.15) is 5.10 Å². The molecular formula is C20H15F4N2O. The van der Waals surface area contributed by atoms with E-state index in [1.165, 1.54) is 18.2 Å². The third kappa shape index (κ3) is 5.20. The van der Waals surface area contributed by atoms with Gasteiger partial charge in [0, 0.05) is 17.3 Å². The third-order valence-corrected chi connectivity index (χ3v) is 3.74. The maximum Gasteiger partial charge on any atom is 0.573 e. The summed E-state index contributed by atoms with van der Waals surface area (Å²) in [6.07, 6.45) is -3.54. The zero-order valence-corrected chi connectivity index (χ0v) is 14.3. The Hall–Kier alpha value is -3.09. The van der Waals surface area contributed by atoms with Gasteiger partial charge >= 0.3 is 6.36 Å². The van der Waals surface area contributed by atoms with Crippen LogP contribution in [-0.4, -0.2) is 16.1 Å². The molecule has 0 saturated carbocycles. The van der Waals surface area contributed by atoms with Gasteiger partial charge in [0.1, 0.15) is 11.6 Å². The number of halogens is 4. The van der Waals surface area contributed by atoms with Gasteiger partial charge in [-0.3, -0.25) is 4.68 Å². The normalized spacial score (nSPS) is 12.3. The molecule has 0 atom stereocenters. The Balaban J connectivity index is 1.75. The molecule has 3 rings (SSSR count). The van der Waals surface area contributed by atoms with Crippen LogP contribution in [0.5, 0.6) is 5.75 Å². The van der Waals surface area contributed by atoms with Crippen LogP contribution in [0.15, 0.2) is 54.6 Å². The molecule has 7 heteroatoms. The number of benzene rings is 2. The lowest BCUT2D eigenvalue weighted by Crippen LogP contribution is -2.16. The highest BCUT2D eigenvalue weighted by Gasteiger charge is 2.30. The largest absolute Gasteiger partial charge is 0.573 e. The van der Waals surface area contributed by atoms with Crippen LogP contribution in [0.2, 0.25) is 0 Å². The Labute approximate surface area is 153 Å². The Bertz CT molecular complexity index is 929. The van der Waals surface area contributed by atoms with Crippen molar-refractivity contribution >= 4 is 11.9 Å². The van der Waals surface area contributed by atoms with Crippen LogP contribution in [0, 0.1) is 13.0 Å². The predicted octanol–water partition coefficient (Wildman–Crippen LogP) is 5.41. The van der Waals surface area contributed by atoms with Crippen LogP contribution in [0.3, 0.4) is 0 Å². The first kappa shape index (κ1) is 18.7. The molecule has 0 unspecified atom stereocenters. The number of hydrogen-bond acceptors (Lipinski definition) is 2. The minimum absolute atomic E-state index is 0.134. The van der Waals surface area contributed by atoms with Crippen LogP contribution in [-0.2, 0) is 6.54 Å². The number of alkyl halides is 3. The minimum Gasteiger partial charge on any atom is -0.406 e. The van der Waals surface area contributed by atoms with Crippen LogP contribution in [0.4, 0.5) is 17.6 Å². The van der Waals surface area contributed by atoms with Gasteiger partial charge in [-0.1, -0.05) is 18.2 Å². The molecule has 139 valence electrons. The molecule has 1 radical (unpaired) electrons. The second-order valence-corrected chi connectivity index (χ2v) is 5.84. The summed E-state index contributed by atoms with van der Waals surface area (Å²) in [5, 5.41) is 4.35. The lowest BCUT2D eigenvalue weighted by Gasteiger charge is -2.08. The molecule has 2 aromatic carbocycles. The molecule has 0 fully saturated rings. The Kier molecular flexibility index (Phi) is 5.30. The topological polar surface area (TPSA) is 27.1 Å². The summed E-state index contributed by atoms with van der Waals surface area (Å²) in [5.74, 6) is -1.01. The maximum absolute atomic E-state index is 14.4. The number of aromatic nitrogens is 2. The van der Waals surface area contributed by atoms with Crippen molar-refractivity contribution in [3.05, 3.63) is 83.2 Å². The SMILES string of the molecule is Cc1cc(/C=C(\F)c2ccc(OC(F)(F)F)cc2)nn1Cc1c[c]ccc1. The van der Waals surface area contributed by atoms with Crippen molar-refractivity contribution in [2.24, 2.45) is 0 Å². The fourth-order valence-corrected chi connectivity index (χ4v) is 2.50. The van der Waals surface area contributed by atoms with Crippen LogP contribution in [0.25, 0.3) is 11.9 Å². The van der Waals surface area contributed by atoms with Crippen molar-refractivity contribution in [3.63, 3.8) is 0 Å². The van der Waals surface area contributed by atoms with Crippen LogP contribution < -0.4 is 4.74 Å². The summed E-state index contributed by atoms with van der Waals surface area (Å²) < 4.78 is 56.4. The van der Waals surface area contributed by atoms with E-state index in [2.05, 4.69) is 15.9 Å². The molecule has 1 aromatic heterocycles. The molecule has 0 aliphatic carbocycles. The number of nitrogens with zero attached hydrogens (tertiary/aromatic N) is 2. The van der Waals surface area contributed by atoms with E-state index in [1.54, 1.807) is 16.8 Å². The van der Waals surface area contributed by atoms with Gasteiger partial charge in [0.15, 0.2) is 0 Å². The summed E-state index contributed by atoms with van der Waals surface area (Å²) in [6.45, 7) is 2.39. The van der Waals surface area contributed by atoms with Gasteiger partial charge in [-0.05, 0) is 55.0 Å². The molecule has 0 amide bonds. The average molecular weight is 375 g/mol. The molecule has 0 aliphatic heterocycles. The fourth-order valence-electron chi connectivity index (χ4n) is 2.50. The van der Waals surface area contributed by atoms with Gasteiger partial charge < -0.3 is 4.74 Å². The molecule has 3 aromatic rings. The zero-order valence-electron chi connectivity index (χ0n) is 14.3. The van der Waals surface area contributed by atoms with Gasteiger partial charge in [-0.25, -0.2) is 4.39 Å². The van der Waals surface area contributed by atoms with E-state index < -0.39 is 17.9 Å². The van der Waals surface area contributed by atoms with Gasteiger partial charge in [0.05, 0.1) is 12.2 Å². The Morgan fingerprint density at radius 3 is 2.59 bits per heavy atom. The number of hydrogen-bond donors (Lipinski definition) is 0. The first-order chi connectivity index (χ1) is 12.8. The second kappa shape index (κ2) is 7.65. The summed E-state index contributed by atoms with van der Waals surface area (Å²) in [7, 11) is 0. The monoisotopic (exact) mass is 375 g/mol. The van der Waals surface area contributed by atoms with E-state index in [1.807, 2.05) is 25.1 Å². The molecule has 1 heterocycles. The van der Waals surface area contributed by atoms with Crippen molar-refractivity contribution < 1.29 is 22.3 Å². The average Bonchev–Trinajstić information content (AvgIpc) is 2.94. The van der Waals surface area contributed by atoms with Gasteiger partial charge in [-0.15, -0.1) is 13.2 Å². The molecular weight excluding hydrogens is 360 g/mol. The molecule has 0 aliphatic rings. The van der Waals surface area contributed by atoms with Crippen molar-refractivity contribution in [3.8, 4) is 5.75 Å². The van der Waals surface area contributed by atoms with E-state index in [0.29, 0.717) is 12.2 Å². The summed E-state index contributed by atoms with van der Waals surface area (Å²) >= 11 is 0. The van der Waals surface area contributed by atoms with Gasteiger partial charge in [0.2, 0.25) is 0 Å². The van der Waals surface area contributed by atoms with E-state index in [-0.39, 0.29) is 5.56 Å². The number of ether oxygens (including phenoxy) is 1. The summed E-state index contributed by atoms with van der Waals surface area (Å²) in [4.78, 5) is 0. The maximum atomic E-state index is 14.4. The van der Waals surface area contributed by atoms with Crippen molar-refractivity contribution in [2.45, 2.75) is 19.8 Å². The molecule has 3 nitrogen and oxygen atoms in total. The molecule has 0 N–H and O–H groups in total. The lowest BCUT2D eigenvalue weighted by molar-refractivity contribution is -0.274. The predicted molar refractivity (Wildman–Crippen MR) is 93.4 cm³/mol. The molecule has 27 heavy (non-hydrogen) atoms. The first-order valence-electron chi connectivity index (χ1n) is 8.03. The summed E-state index contributed by atoms with van der Waals surface area (Å²) in [5.41, 5.74) is 2.42. The highest BCUT2D eigenvalue weighted by molar-refractivity contribution is 5.75. The van der Waals surface area contributed by atoms with E-state index in [4.69, 9.17) is 0 Å². The standard InChI is InChI=1S/C20H15F4N2O/c1-14-11-17(25-26(14)13-15-5-3-2-4-6-15)12-19(21)16-7-9-18(10-8-16)27-20(22,23)24/h2-3,5-12H,13H2,1H3/b19-12-. The summed E-state index contributed by atoms with van der Waals surface area (Å²) in [6, 6.07) is 16.7. The smallest absolute Gasteiger partial charge is 0.406 e. The van der Waals surface area contributed by atoms with Crippen LogP contribution >= 0.6 is 0 Å². The first-order valence-corrected chi connectivity index (χ1v) is 8.03. The highest BCUT2D eigenvalue weighted by atomic mass is 19.4. The Morgan fingerprint density at radius 2 is 1.96 bits per heavy atom. The molecule has 0 bridgehead atoms. The zero-order chi connectivity index (χ0) is 19.4. The van der Waals surface area contributed by atoms with E-state index in [9.17, 15) is 17.6 Å². The highest BCUT2D eigenvalue weighted by Crippen LogP contribution is 2.26. The minimum atomic E-state index is -4.78. The third-order valence-electron chi connectivity index (χ3n) is 3.74. The van der Waals surface area contributed by atoms with E-state index >= 15 is 0 Å². The second-order valence-electron chi connectivity index (χ2n) is 5.84. The Morgan fingerprint density at radius 1 is 1.22 bits per heavy atom. The quantitative estimate of drug-likeness (QED) is 0.558. The van der Waals surface area contributed by atoms with Crippen molar-refractivity contribution in [1.29, 1.82) is 0 Å². The molecule has 0 saturated heterocycles. The van der Waals surface area contributed by atoms with Crippen molar-refractivity contribution in [2.75, 3.05) is 0 Å². The number of rotatable bonds is 5. The van der Waals surface area contributed by atoms with E-state index in [0.717, 1.165) is 23.4 Å². The molecule has 0 spiro atoms. The van der Waals surface area contributed by atoms with Crippen molar-refractivity contribution in [1.82, 2.24) is 9.78 Å². The number of aryl methyl sites for hydroxylation is 1.